The Balaban J connectivity index is 2.47. The Morgan fingerprint density at radius 1 is 1.61 bits per heavy atom. The summed E-state index contributed by atoms with van der Waals surface area (Å²) in [5.74, 6) is 0.528. The molecule has 5 nitrogen and oxygen atoms in total. The molecule has 0 radical (unpaired) electrons. The number of thioether (sulfide) groups is 1. The number of aliphatic imine (C=N–C) groups is 1. The number of carbonyl (C=O) groups excluding carboxylic acids is 1. The molecule has 18 heavy (non-hydrogen) atoms. The van der Waals surface area contributed by atoms with Gasteiger partial charge in [0.15, 0.2) is 5.54 Å². The summed E-state index contributed by atoms with van der Waals surface area (Å²) in [4.78, 5) is 17.5. The molecule has 1 aliphatic heterocycles. The first kappa shape index (κ1) is 15.4. The van der Waals surface area contributed by atoms with Gasteiger partial charge in [-0.25, -0.2) is 9.79 Å². The number of aliphatic hydroxyl groups is 1. The maximum absolute atomic E-state index is 11.4. The molecule has 0 saturated heterocycles. The maximum Gasteiger partial charge on any atom is 0.340 e. The highest BCUT2D eigenvalue weighted by Crippen LogP contribution is 2.21. The SMILES string of the molecule is CCN(CCO)C(=S)SCC1=NC(C)(C)C(=O)O1. The molecule has 1 rings (SSSR count). The van der Waals surface area contributed by atoms with Crippen LogP contribution in [-0.4, -0.2) is 57.2 Å². The van der Waals surface area contributed by atoms with Crippen LogP contribution in [0.4, 0.5) is 0 Å². The summed E-state index contributed by atoms with van der Waals surface area (Å²) in [5, 5.41) is 8.90. The fourth-order valence-electron chi connectivity index (χ4n) is 1.39. The van der Waals surface area contributed by atoms with Gasteiger partial charge in [0, 0.05) is 13.1 Å². The summed E-state index contributed by atoms with van der Waals surface area (Å²) < 4.78 is 5.74. The van der Waals surface area contributed by atoms with E-state index < -0.39 is 5.54 Å². The van der Waals surface area contributed by atoms with E-state index in [1.54, 1.807) is 13.8 Å². The van der Waals surface area contributed by atoms with Crippen molar-refractivity contribution in [1.29, 1.82) is 0 Å². The number of likely N-dealkylation sites (N-methyl/N-ethyl adjacent to an activating group) is 1. The van der Waals surface area contributed by atoms with Crippen molar-refractivity contribution in [3.8, 4) is 0 Å². The van der Waals surface area contributed by atoms with Gasteiger partial charge in [-0.05, 0) is 20.8 Å². The minimum atomic E-state index is -0.785. The molecule has 102 valence electrons. The zero-order chi connectivity index (χ0) is 13.8. The number of ether oxygens (including phenoxy) is 1. The zero-order valence-corrected chi connectivity index (χ0v) is 12.4. The number of cyclic esters (lactones) is 1. The molecule has 1 N–H and O–H groups in total. The van der Waals surface area contributed by atoms with Crippen LogP contribution in [-0.2, 0) is 9.53 Å². The monoisotopic (exact) mass is 290 g/mol. The van der Waals surface area contributed by atoms with Crippen molar-refractivity contribution in [2.75, 3.05) is 25.4 Å². The smallest absolute Gasteiger partial charge is 0.340 e. The van der Waals surface area contributed by atoms with Crippen molar-refractivity contribution in [2.24, 2.45) is 4.99 Å². The summed E-state index contributed by atoms with van der Waals surface area (Å²) in [6, 6.07) is 0. The fraction of sp³-hybridized carbons (Fsp3) is 0.727. The molecule has 0 unspecified atom stereocenters. The van der Waals surface area contributed by atoms with Crippen molar-refractivity contribution >= 4 is 40.2 Å². The third kappa shape index (κ3) is 3.93. The Bertz CT molecular complexity index is 369. The van der Waals surface area contributed by atoms with Gasteiger partial charge in [0.2, 0.25) is 5.90 Å². The van der Waals surface area contributed by atoms with Crippen LogP contribution >= 0.6 is 24.0 Å². The third-order valence-corrected chi connectivity index (χ3v) is 3.95. The quantitative estimate of drug-likeness (QED) is 0.603. The van der Waals surface area contributed by atoms with Crippen LogP contribution in [0, 0.1) is 0 Å². The van der Waals surface area contributed by atoms with Gasteiger partial charge < -0.3 is 14.7 Å². The van der Waals surface area contributed by atoms with Gasteiger partial charge in [0.1, 0.15) is 4.32 Å². The molecule has 0 spiro atoms. The lowest BCUT2D eigenvalue weighted by Gasteiger charge is -2.21. The third-order valence-electron chi connectivity index (χ3n) is 2.44. The van der Waals surface area contributed by atoms with Gasteiger partial charge in [-0.2, -0.15) is 0 Å². The van der Waals surface area contributed by atoms with Gasteiger partial charge in [-0.15, -0.1) is 0 Å². The van der Waals surface area contributed by atoms with Crippen LogP contribution in [0.25, 0.3) is 0 Å². The van der Waals surface area contributed by atoms with Gasteiger partial charge in [0.25, 0.3) is 0 Å². The molecular formula is C11H18N2O3S2. The predicted octanol–water partition coefficient (Wildman–Crippen LogP) is 1.05. The molecular weight excluding hydrogens is 272 g/mol. The molecule has 0 aromatic carbocycles. The second-order valence-corrected chi connectivity index (χ2v) is 5.92. The fourth-order valence-corrected chi connectivity index (χ4v) is 2.56. The topological polar surface area (TPSA) is 62.1 Å². The highest BCUT2D eigenvalue weighted by Gasteiger charge is 2.36. The molecule has 0 fully saturated rings. The second-order valence-electron chi connectivity index (χ2n) is 4.31. The lowest BCUT2D eigenvalue weighted by Crippen LogP contribution is -2.30. The molecule has 1 aliphatic rings. The zero-order valence-electron chi connectivity index (χ0n) is 10.8. The van der Waals surface area contributed by atoms with E-state index in [-0.39, 0.29) is 12.6 Å². The molecule has 0 bridgehead atoms. The number of rotatable bonds is 5. The van der Waals surface area contributed by atoms with Crippen LogP contribution in [0.3, 0.4) is 0 Å². The molecule has 0 atom stereocenters. The van der Waals surface area contributed by atoms with Crippen molar-refractivity contribution in [3.05, 3.63) is 0 Å². The lowest BCUT2D eigenvalue weighted by molar-refractivity contribution is -0.137. The highest BCUT2D eigenvalue weighted by molar-refractivity contribution is 8.23. The standard InChI is InChI=1S/C11H18N2O3S2/c1-4-13(5-6-14)10(17)18-7-8-12-11(2,3)9(15)16-8/h14H,4-7H2,1-3H3. The van der Waals surface area contributed by atoms with Crippen molar-refractivity contribution in [3.63, 3.8) is 0 Å². The summed E-state index contributed by atoms with van der Waals surface area (Å²) in [5.41, 5.74) is -0.785. The van der Waals surface area contributed by atoms with E-state index in [1.807, 2.05) is 11.8 Å². The van der Waals surface area contributed by atoms with E-state index in [1.165, 1.54) is 11.8 Å². The molecule has 0 amide bonds. The van der Waals surface area contributed by atoms with Gasteiger partial charge >= 0.3 is 5.97 Å². The van der Waals surface area contributed by atoms with Gasteiger partial charge in [-0.1, -0.05) is 24.0 Å². The van der Waals surface area contributed by atoms with E-state index in [0.29, 0.717) is 22.5 Å². The first-order chi connectivity index (χ1) is 8.40. The molecule has 0 aromatic rings. The average molecular weight is 290 g/mol. The van der Waals surface area contributed by atoms with E-state index in [4.69, 9.17) is 22.1 Å². The summed E-state index contributed by atoms with van der Waals surface area (Å²) >= 11 is 6.63. The Hall–Kier alpha value is -0.660. The normalized spacial score (nSPS) is 17.3. The minimum Gasteiger partial charge on any atom is -0.409 e. The van der Waals surface area contributed by atoms with Gasteiger partial charge in [0.05, 0.1) is 12.4 Å². The van der Waals surface area contributed by atoms with Crippen molar-refractivity contribution in [1.82, 2.24) is 4.90 Å². The summed E-state index contributed by atoms with van der Waals surface area (Å²) in [6.45, 7) is 6.73. The second kappa shape index (κ2) is 6.49. The van der Waals surface area contributed by atoms with Crippen LogP contribution in [0.15, 0.2) is 4.99 Å². The number of hydrogen-bond donors (Lipinski definition) is 1. The number of aliphatic hydroxyl groups excluding tert-OH is 1. The largest absolute Gasteiger partial charge is 0.409 e. The number of thiocarbonyl (C=S) groups is 1. The molecule has 0 saturated carbocycles. The minimum absolute atomic E-state index is 0.0670. The molecule has 0 aliphatic carbocycles. The van der Waals surface area contributed by atoms with Crippen LogP contribution in [0.5, 0.6) is 0 Å². The van der Waals surface area contributed by atoms with Gasteiger partial charge in [-0.3, -0.25) is 0 Å². The number of hydrogen-bond acceptors (Lipinski definition) is 6. The van der Waals surface area contributed by atoms with Crippen LogP contribution < -0.4 is 0 Å². The highest BCUT2D eigenvalue weighted by atomic mass is 32.2. The van der Waals surface area contributed by atoms with Crippen LogP contribution in [0.1, 0.15) is 20.8 Å². The first-order valence-corrected chi connectivity index (χ1v) is 7.13. The van der Waals surface area contributed by atoms with E-state index in [2.05, 4.69) is 4.99 Å². The maximum atomic E-state index is 11.4. The number of esters is 1. The predicted molar refractivity (Wildman–Crippen MR) is 77.0 cm³/mol. The Morgan fingerprint density at radius 3 is 2.72 bits per heavy atom. The van der Waals surface area contributed by atoms with Crippen LogP contribution in [0.2, 0.25) is 0 Å². The van der Waals surface area contributed by atoms with Crippen molar-refractivity contribution in [2.45, 2.75) is 26.3 Å². The molecule has 7 heteroatoms. The lowest BCUT2D eigenvalue weighted by atomic mass is 10.1. The Morgan fingerprint density at radius 2 is 2.28 bits per heavy atom. The van der Waals surface area contributed by atoms with E-state index in [9.17, 15) is 4.79 Å². The first-order valence-electron chi connectivity index (χ1n) is 5.74. The number of nitrogens with zero attached hydrogens (tertiary/aromatic N) is 2. The molecule has 1 heterocycles. The van der Waals surface area contributed by atoms with Crippen molar-refractivity contribution < 1.29 is 14.6 Å². The number of carbonyl (C=O) groups is 1. The van der Waals surface area contributed by atoms with E-state index >= 15 is 0 Å². The average Bonchev–Trinajstić information content (AvgIpc) is 2.57. The Kier molecular flexibility index (Phi) is 5.55. The Labute approximate surface area is 117 Å². The van der Waals surface area contributed by atoms with E-state index in [0.717, 1.165) is 6.54 Å². The summed E-state index contributed by atoms with van der Waals surface area (Å²) in [6.07, 6.45) is 0. The summed E-state index contributed by atoms with van der Waals surface area (Å²) in [7, 11) is 0. The molecule has 0 aromatic heterocycles.